The molecule has 2 aromatic rings. The van der Waals surface area contributed by atoms with Crippen molar-refractivity contribution in [2.45, 2.75) is 6.42 Å². The van der Waals surface area contributed by atoms with E-state index in [0.717, 1.165) is 6.42 Å². The minimum atomic E-state index is -0.166. The minimum Gasteiger partial charge on any atom is -0.385 e. The minimum absolute atomic E-state index is 0.166. The lowest BCUT2D eigenvalue weighted by Gasteiger charge is -2.09. The molecule has 1 heterocycles. The lowest BCUT2D eigenvalue weighted by Crippen LogP contribution is -2.25. The van der Waals surface area contributed by atoms with Gasteiger partial charge in [0.2, 0.25) is 0 Å². The molecule has 0 atom stereocenters. The molecule has 1 aromatic heterocycles. The van der Waals surface area contributed by atoms with Gasteiger partial charge in [0.1, 0.15) is 5.82 Å². The topological polar surface area (TPSA) is 63.2 Å². The van der Waals surface area contributed by atoms with Crippen LogP contribution in [-0.4, -0.2) is 31.2 Å². The fraction of sp³-hybridized carbons (Fsp3) is 0.250. The Morgan fingerprint density at radius 3 is 2.78 bits per heavy atom. The predicted octanol–water partition coefficient (Wildman–Crippen LogP) is 3.90. The summed E-state index contributed by atoms with van der Waals surface area (Å²) in [5, 5.41) is 6.75. The van der Waals surface area contributed by atoms with Gasteiger partial charge in [-0.05, 0) is 30.7 Å². The summed E-state index contributed by atoms with van der Waals surface area (Å²) in [6.45, 7) is 1.17. The third kappa shape index (κ3) is 5.10. The van der Waals surface area contributed by atoms with Crippen LogP contribution in [0.2, 0.25) is 10.0 Å². The molecular weight excluding hydrogens is 337 g/mol. The van der Waals surface area contributed by atoms with E-state index in [1.165, 1.54) is 6.20 Å². The van der Waals surface area contributed by atoms with E-state index >= 15 is 0 Å². The molecule has 23 heavy (non-hydrogen) atoms. The van der Waals surface area contributed by atoms with Crippen LogP contribution in [0, 0.1) is 0 Å². The maximum absolute atomic E-state index is 11.9. The molecule has 1 amide bonds. The quantitative estimate of drug-likeness (QED) is 0.741. The van der Waals surface area contributed by atoms with Crippen molar-refractivity contribution in [3.05, 3.63) is 52.1 Å². The van der Waals surface area contributed by atoms with E-state index in [1.807, 2.05) is 0 Å². The van der Waals surface area contributed by atoms with Crippen molar-refractivity contribution in [3.63, 3.8) is 0 Å². The molecule has 1 aromatic carbocycles. The smallest absolute Gasteiger partial charge is 0.252 e. The van der Waals surface area contributed by atoms with Crippen molar-refractivity contribution in [2.75, 3.05) is 25.6 Å². The van der Waals surface area contributed by atoms with E-state index < -0.39 is 0 Å². The monoisotopic (exact) mass is 353 g/mol. The number of benzene rings is 1. The molecule has 7 heteroatoms. The van der Waals surface area contributed by atoms with Crippen LogP contribution < -0.4 is 10.6 Å². The Morgan fingerprint density at radius 1 is 1.26 bits per heavy atom. The van der Waals surface area contributed by atoms with Gasteiger partial charge in [-0.2, -0.15) is 0 Å². The first kappa shape index (κ1) is 17.5. The van der Waals surface area contributed by atoms with Crippen LogP contribution in [0.4, 0.5) is 11.5 Å². The second-order valence-electron chi connectivity index (χ2n) is 4.76. The number of aromatic nitrogens is 1. The van der Waals surface area contributed by atoms with Crippen molar-refractivity contribution in [1.82, 2.24) is 10.3 Å². The Labute approximate surface area is 145 Å². The molecule has 0 fully saturated rings. The summed E-state index contributed by atoms with van der Waals surface area (Å²) in [5.41, 5.74) is 1.15. The number of rotatable bonds is 7. The van der Waals surface area contributed by atoms with Crippen molar-refractivity contribution >= 4 is 40.6 Å². The second kappa shape index (κ2) is 8.72. The highest BCUT2D eigenvalue weighted by Gasteiger charge is 2.08. The highest BCUT2D eigenvalue weighted by Crippen LogP contribution is 2.31. The molecule has 5 nitrogen and oxygen atoms in total. The van der Waals surface area contributed by atoms with E-state index in [-0.39, 0.29) is 5.91 Å². The van der Waals surface area contributed by atoms with E-state index in [0.29, 0.717) is 40.3 Å². The molecule has 0 radical (unpaired) electrons. The van der Waals surface area contributed by atoms with E-state index in [9.17, 15) is 4.79 Å². The summed E-state index contributed by atoms with van der Waals surface area (Å²) >= 11 is 12.1. The van der Waals surface area contributed by atoms with Crippen LogP contribution >= 0.6 is 23.2 Å². The van der Waals surface area contributed by atoms with Crippen LogP contribution in [0.3, 0.4) is 0 Å². The number of pyridine rings is 1. The number of nitrogens with zero attached hydrogens (tertiary/aromatic N) is 1. The molecule has 2 rings (SSSR count). The third-order valence-corrected chi connectivity index (χ3v) is 3.87. The van der Waals surface area contributed by atoms with Crippen LogP contribution in [0.25, 0.3) is 0 Å². The second-order valence-corrected chi connectivity index (χ2v) is 5.55. The van der Waals surface area contributed by atoms with Crippen molar-refractivity contribution in [2.24, 2.45) is 0 Å². The predicted molar refractivity (Wildman–Crippen MR) is 92.8 cm³/mol. The van der Waals surface area contributed by atoms with Crippen molar-refractivity contribution in [3.8, 4) is 0 Å². The van der Waals surface area contributed by atoms with Crippen LogP contribution in [0.1, 0.15) is 16.8 Å². The average Bonchev–Trinajstić information content (AvgIpc) is 2.56. The van der Waals surface area contributed by atoms with Gasteiger partial charge in [-0.3, -0.25) is 4.79 Å². The van der Waals surface area contributed by atoms with E-state index in [1.54, 1.807) is 37.4 Å². The van der Waals surface area contributed by atoms with Gasteiger partial charge in [-0.15, -0.1) is 0 Å². The lowest BCUT2D eigenvalue weighted by atomic mass is 10.2. The number of carbonyl (C=O) groups excluding carboxylic acids is 1. The van der Waals surface area contributed by atoms with Crippen LogP contribution in [-0.2, 0) is 4.74 Å². The number of hydrogen-bond acceptors (Lipinski definition) is 4. The Balaban J connectivity index is 1.96. The van der Waals surface area contributed by atoms with Gasteiger partial charge >= 0.3 is 0 Å². The molecule has 122 valence electrons. The number of amides is 1. The van der Waals surface area contributed by atoms with Gasteiger partial charge in [0.05, 0.1) is 21.3 Å². The van der Waals surface area contributed by atoms with Crippen molar-refractivity contribution < 1.29 is 9.53 Å². The molecule has 0 unspecified atom stereocenters. The summed E-state index contributed by atoms with van der Waals surface area (Å²) in [6.07, 6.45) is 2.27. The lowest BCUT2D eigenvalue weighted by molar-refractivity contribution is 0.0948. The third-order valence-electron chi connectivity index (χ3n) is 3.05. The number of hydrogen-bond donors (Lipinski definition) is 2. The largest absolute Gasteiger partial charge is 0.385 e. The highest BCUT2D eigenvalue weighted by atomic mass is 35.5. The number of nitrogens with one attached hydrogen (secondary N) is 2. The molecule has 0 aliphatic heterocycles. The molecule has 0 bridgehead atoms. The fourth-order valence-electron chi connectivity index (χ4n) is 1.86. The molecule has 0 aliphatic rings. The Bertz CT molecular complexity index is 663. The van der Waals surface area contributed by atoms with Gasteiger partial charge in [0.25, 0.3) is 5.91 Å². The number of methoxy groups -OCH3 is 1. The van der Waals surface area contributed by atoms with E-state index in [2.05, 4.69) is 15.6 Å². The maximum atomic E-state index is 11.9. The standard InChI is InChI=1S/C16H17Cl2N3O2/c1-23-9-3-8-19-16(22)11-6-7-14(20-10-11)21-13-5-2-4-12(17)15(13)18/h2,4-7,10H,3,8-9H2,1H3,(H,19,22)(H,20,21). The summed E-state index contributed by atoms with van der Waals surface area (Å²) in [6, 6.07) is 8.70. The molecule has 0 spiro atoms. The zero-order valence-electron chi connectivity index (χ0n) is 12.6. The first-order chi connectivity index (χ1) is 11.1. The normalized spacial score (nSPS) is 10.4. The molecule has 0 aliphatic carbocycles. The molecule has 2 N–H and O–H groups in total. The first-order valence-corrected chi connectivity index (χ1v) is 7.81. The molecule has 0 saturated carbocycles. The summed E-state index contributed by atoms with van der Waals surface area (Å²) in [4.78, 5) is 16.1. The average molecular weight is 354 g/mol. The molecular formula is C16H17Cl2N3O2. The Hall–Kier alpha value is -1.82. The van der Waals surface area contributed by atoms with Gasteiger partial charge in [-0.25, -0.2) is 4.98 Å². The van der Waals surface area contributed by atoms with Gasteiger partial charge in [0.15, 0.2) is 0 Å². The van der Waals surface area contributed by atoms with Crippen molar-refractivity contribution in [1.29, 1.82) is 0 Å². The van der Waals surface area contributed by atoms with Crippen LogP contribution in [0.5, 0.6) is 0 Å². The number of anilines is 2. The number of ether oxygens (including phenoxy) is 1. The summed E-state index contributed by atoms with van der Waals surface area (Å²) < 4.78 is 4.93. The van der Waals surface area contributed by atoms with E-state index in [4.69, 9.17) is 27.9 Å². The number of halogens is 2. The van der Waals surface area contributed by atoms with Gasteiger partial charge in [0, 0.05) is 26.5 Å². The zero-order valence-corrected chi connectivity index (χ0v) is 14.1. The van der Waals surface area contributed by atoms with Gasteiger partial charge in [-0.1, -0.05) is 29.3 Å². The SMILES string of the molecule is COCCCNC(=O)c1ccc(Nc2cccc(Cl)c2Cl)nc1. The summed E-state index contributed by atoms with van der Waals surface area (Å²) in [5.74, 6) is 0.408. The maximum Gasteiger partial charge on any atom is 0.252 e. The summed E-state index contributed by atoms with van der Waals surface area (Å²) in [7, 11) is 1.63. The first-order valence-electron chi connectivity index (χ1n) is 7.06. The fourth-order valence-corrected chi connectivity index (χ4v) is 2.21. The number of carbonyl (C=O) groups is 1. The molecule has 0 saturated heterocycles. The van der Waals surface area contributed by atoms with Gasteiger partial charge < -0.3 is 15.4 Å². The Kier molecular flexibility index (Phi) is 6.65. The highest BCUT2D eigenvalue weighted by molar-refractivity contribution is 6.43. The Morgan fingerprint density at radius 2 is 2.09 bits per heavy atom. The zero-order chi connectivity index (χ0) is 16.7. The van der Waals surface area contributed by atoms with Crippen LogP contribution in [0.15, 0.2) is 36.5 Å².